The minimum absolute atomic E-state index is 0.00820. The number of piperazine rings is 1. The van der Waals surface area contributed by atoms with Gasteiger partial charge in [0.15, 0.2) is 0 Å². The lowest BCUT2D eigenvalue weighted by Gasteiger charge is -2.37. The van der Waals surface area contributed by atoms with Crippen LogP contribution in [0.3, 0.4) is 0 Å². The molecule has 2 aromatic rings. The van der Waals surface area contributed by atoms with Crippen LogP contribution in [0.1, 0.15) is 25.5 Å². The summed E-state index contributed by atoms with van der Waals surface area (Å²) < 4.78 is 13.0. The first-order chi connectivity index (χ1) is 14.4. The minimum Gasteiger partial charge on any atom is -0.348 e. The number of carbonyl (C=O) groups is 2. The Balaban J connectivity index is 1.42. The van der Waals surface area contributed by atoms with Crippen molar-refractivity contribution in [3.05, 3.63) is 66.0 Å². The summed E-state index contributed by atoms with van der Waals surface area (Å²) in [5.41, 5.74) is 1.66. The van der Waals surface area contributed by atoms with Gasteiger partial charge in [-0.15, -0.1) is 0 Å². The summed E-state index contributed by atoms with van der Waals surface area (Å²) in [4.78, 5) is 29.1. The third-order valence-corrected chi connectivity index (χ3v) is 5.49. The maximum absolute atomic E-state index is 13.0. The van der Waals surface area contributed by atoms with Crippen LogP contribution in [-0.2, 0) is 9.59 Å². The first kappa shape index (κ1) is 21.9. The Morgan fingerprint density at radius 1 is 0.967 bits per heavy atom. The summed E-state index contributed by atoms with van der Waals surface area (Å²) >= 11 is 0. The van der Waals surface area contributed by atoms with Crippen molar-refractivity contribution in [1.82, 2.24) is 15.1 Å². The van der Waals surface area contributed by atoms with Crippen LogP contribution in [0, 0.1) is 5.82 Å². The molecule has 2 amide bonds. The van der Waals surface area contributed by atoms with Gasteiger partial charge in [0.2, 0.25) is 11.8 Å². The van der Waals surface area contributed by atoms with Crippen molar-refractivity contribution in [2.45, 2.75) is 25.9 Å². The zero-order chi connectivity index (χ0) is 21.5. The molecular weight excluding hydrogens is 383 g/mol. The van der Waals surface area contributed by atoms with Crippen molar-refractivity contribution >= 4 is 17.5 Å². The molecule has 0 aliphatic carbocycles. The molecule has 160 valence electrons. The Labute approximate surface area is 177 Å². The second-order valence-electron chi connectivity index (χ2n) is 7.68. The van der Waals surface area contributed by atoms with E-state index in [4.69, 9.17) is 0 Å². The molecule has 7 heteroatoms. The molecule has 0 bridgehead atoms. The van der Waals surface area contributed by atoms with Gasteiger partial charge in [-0.1, -0.05) is 30.3 Å². The molecule has 2 atom stereocenters. The number of halogens is 1. The summed E-state index contributed by atoms with van der Waals surface area (Å²) in [6.07, 6.45) is 0. The standard InChI is InChI=1S/C23H29FN4O2/c1-17(19-6-4-3-5-7-19)25-23(30)18(2)28-14-12-27(13-15-28)16-22(29)26-21-10-8-20(24)9-11-21/h3-11,17-18H,12-16H2,1-2H3,(H,25,30)(H,26,29)/t17-,18-/m1/s1. The zero-order valence-corrected chi connectivity index (χ0v) is 17.5. The highest BCUT2D eigenvalue weighted by atomic mass is 19.1. The molecule has 1 saturated heterocycles. The van der Waals surface area contributed by atoms with Gasteiger partial charge in [0.1, 0.15) is 5.82 Å². The Kier molecular flexibility index (Phi) is 7.54. The molecule has 3 rings (SSSR count). The van der Waals surface area contributed by atoms with Crippen molar-refractivity contribution in [3.8, 4) is 0 Å². The van der Waals surface area contributed by atoms with Gasteiger partial charge in [-0.3, -0.25) is 19.4 Å². The molecule has 1 heterocycles. The number of amides is 2. The summed E-state index contributed by atoms with van der Waals surface area (Å²) in [6.45, 7) is 7.04. The van der Waals surface area contributed by atoms with E-state index < -0.39 is 0 Å². The highest BCUT2D eigenvalue weighted by Gasteiger charge is 2.27. The molecule has 0 saturated carbocycles. The highest BCUT2D eigenvalue weighted by Crippen LogP contribution is 2.13. The van der Waals surface area contributed by atoms with E-state index in [1.54, 1.807) is 12.1 Å². The number of benzene rings is 2. The van der Waals surface area contributed by atoms with Crippen molar-refractivity contribution in [2.24, 2.45) is 0 Å². The molecule has 1 fully saturated rings. The van der Waals surface area contributed by atoms with E-state index in [0.717, 1.165) is 18.7 Å². The van der Waals surface area contributed by atoms with Crippen molar-refractivity contribution in [3.63, 3.8) is 0 Å². The first-order valence-electron chi connectivity index (χ1n) is 10.3. The van der Waals surface area contributed by atoms with Crippen LogP contribution in [0.4, 0.5) is 10.1 Å². The van der Waals surface area contributed by atoms with Crippen LogP contribution in [0.15, 0.2) is 54.6 Å². The van der Waals surface area contributed by atoms with E-state index in [0.29, 0.717) is 18.8 Å². The molecule has 0 radical (unpaired) electrons. The average molecular weight is 413 g/mol. The lowest BCUT2D eigenvalue weighted by atomic mass is 10.1. The van der Waals surface area contributed by atoms with Gasteiger partial charge < -0.3 is 10.6 Å². The summed E-state index contributed by atoms with van der Waals surface area (Å²) in [5, 5.41) is 5.86. The number of hydrogen-bond donors (Lipinski definition) is 2. The molecular formula is C23H29FN4O2. The fourth-order valence-electron chi connectivity index (χ4n) is 3.57. The van der Waals surface area contributed by atoms with Gasteiger partial charge in [0.25, 0.3) is 0 Å². The molecule has 0 aromatic heterocycles. The van der Waals surface area contributed by atoms with E-state index in [1.165, 1.54) is 12.1 Å². The van der Waals surface area contributed by atoms with E-state index in [9.17, 15) is 14.0 Å². The maximum Gasteiger partial charge on any atom is 0.238 e. The van der Waals surface area contributed by atoms with Gasteiger partial charge in [-0.2, -0.15) is 0 Å². The second kappa shape index (κ2) is 10.3. The van der Waals surface area contributed by atoms with E-state index in [2.05, 4.69) is 20.4 Å². The largest absolute Gasteiger partial charge is 0.348 e. The van der Waals surface area contributed by atoms with Crippen LogP contribution < -0.4 is 10.6 Å². The van der Waals surface area contributed by atoms with Crippen molar-refractivity contribution in [1.29, 1.82) is 0 Å². The van der Waals surface area contributed by atoms with Crippen LogP contribution in [0.2, 0.25) is 0 Å². The minimum atomic E-state index is -0.333. The van der Waals surface area contributed by atoms with Gasteiger partial charge in [0.05, 0.1) is 18.6 Å². The number of nitrogens with one attached hydrogen (secondary N) is 2. The Hall–Kier alpha value is -2.77. The molecule has 6 nitrogen and oxygen atoms in total. The number of nitrogens with zero attached hydrogens (tertiary/aromatic N) is 2. The smallest absolute Gasteiger partial charge is 0.238 e. The predicted molar refractivity (Wildman–Crippen MR) is 116 cm³/mol. The average Bonchev–Trinajstić information content (AvgIpc) is 2.76. The SMILES string of the molecule is C[C@H](C(=O)N[C@H](C)c1ccccc1)N1CCN(CC(=O)Nc2ccc(F)cc2)CC1. The fourth-order valence-corrected chi connectivity index (χ4v) is 3.57. The first-order valence-corrected chi connectivity index (χ1v) is 10.3. The predicted octanol–water partition coefficient (Wildman–Crippen LogP) is 2.65. The molecule has 1 aliphatic rings. The van der Waals surface area contributed by atoms with Crippen LogP contribution in [0.25, 0.3) is 0 Å². The van der Waals surface area contributed by atoms with E-state index >= 15 is 0 Å². The molecule has 2 aromatic carbocycles. The summed E-state index contributed by atoms with van der Waals surface area (Å²) in [6, 6.07) is 15.4. The van der Waals surface area contributed by atoms with Gasteiger partial charge in [-0.05, 0) is 43.7 Å². The Morgan fingerprint density at radius 2 is 1.60 bits per heavy atom. The molecule has 1 aliphatic heterocycles. The maximum atomic E-state index is 13.0. The number of rotatable bonds is 7. The van der Waals surface area contributed by atoms with Gasteiger partial charge in [-0.25, -0.2) is 4.39 Å². The third-order valence-electron chi connectivity index (χ3n) is 5.49. The molecule has 2 N–H and O–H groups in total. The van der Waals surface area contributed by atoms with Crippen molar-refractivity contribution in [2.75, 3.05) is 38.0 Å². The summed E-state index contributed by atoms with van der Waals surface area (Å²) in [5.74, 6) is -0.452. The molecule has 0 spiro atoms. The number of anilines is 1. The molecule has 30 heavy (non-hydrogen) atoms. The van der Waals surface area contributed by atoms with Gasteiger partial charge in [0, 0.05) is 31.9 Å². The molecule has 0 unspecified atom stereocenters. The monoisotopic (exact) mass is 412 g/mol. The lowest BCUT2D eigenvalue weighted by Crippen LogP contribution is -2.55. The second-order valence-corrected chi connectivity index (χ2v) is 7.68. The Morgan fingerprint density at radius 3 is 2.23 bits per heavy atom. The fraction of sp³-hybridized carbons (Fsp3) is 0.391. The number of carbonyl (C=O) groups excluding carboxylic acids is 2. The Bertz CT molecular complexity index is 836. The topological polar surface area (TPSA) is 64.7 Å². The summed E-state index contributed by atoms with van der Waals surface area (Å²) in [7, 11) is 0. The zero-order valence-electron chi connectivity index (χ0n) is 17.5. The van der Waals surface area contributed by atoms with E-state index in [1.807, 2.05) is 44.2 Å². The van der Waals surface area contributed by atoms with Crippen LogP contribution in [0.5, 0.6) is 0 Å². The third kappa shape index (κ3) is 6.11. The van der Waals surface area contributed by atoms with Crippen LogP contribution in [-0.4, -0.2) is 60.4 Å². The highest BCUT2D eigenvalue weighted by molar-refractivity contribution is 5.92. The van der Waals surface area contributed by atoms with Gasteiger partial charge >= 0.3 is 0 Å². The quantitative estimate of drug-likeness (QED) is 0.734. The van der Waals surface area contributed by atoms with E-state index in [-0.39, 0.29) is 36.3 Å². The van der Waals surface area contributed by atoms with Crippen LogP contribution >= 0.6 is 0 Å². The number of hydrogen-bond acceptors (Lipinski definition) is 4. The van der Waals surface area contributed by atoms with Crippen molar-refractivity contribution < 1.29 is 14.0 Å². The lowest BCUT2D eigenvalue weighted by molar-refractivity contribution is -0.127. The normalized spacial score (nSPS) is 17.2.